The Labute approximate surface area is 186 Å². The SMILES string of the molecule is O=C(Nc1cc(F)c(CN2CC3CC3C2)c(F)c1)c1nc(N2CCCC2)oc1CC(F)(F)F. The predicted molar refractivity (Wildman–Crippen MR) is 109 cm³/mol. The molecule has 0 radical (unpaired) electrons. The smallest absolute Gasteiger partial charge is 0.396 e. The second kappa shape index (κ2) is 8.27. The van der Waals surface area contributed by atoms with Gasteiger partial charge in [0, 0.05) is 44.0 Å². The Morgan fingerprint density at radius 1 is 1.12 bits per heavy atom. The highest BCUT2D eigenvalue weighted by molar-refractivity contribution is 6.03. The first kappa shape index (κ1) is 22.1. The summed E-state index contributed by atoms with van der Waals surface area (Å²) in [5, 5.41) is 2.26. The number of alkyl halides is 3. The molecular weight excluding hydrogens is 447 g/mol. The van der Waals surface area contributed by atoms with Gasteiger partial charge >= 0.3 is 6.18 Å². The summed E-state index contributed by atoms with van der Waals surface area (Å²) < 4.78 is 73.5. The van der Waals surface area contributed by atoms with Crippen molar-refractivity contribution in [1.82, 2.24) is 9.88 Å². The van der Waals surface area contributed by atoms with E-state index in [1.54, 1.807) is 4.90 Å². The van der Waals surface area contributed by atoms with Gasteiger partial charge in [0.25, 0.3) is 11.9 Å². The summed E-state index contributed by atoms with van der Waals surface area (Å²) in [5.74, 6) is -2.05. The third kappa shape index (κ3) is 4.83. The van der Waals surface area contributed by atoms with E-state index in [-0.39, 0.29) is 23.8 Å². The second-order valence-corrected chi connectivity index (χ2v) is 9.08. The number of carbonyl (C=O) groups excluding carboxylic acids is 1. The first-order valence-corrected chi connectivity index (χ1v) is 11.0. The fourth-order valence-electron chi connectivity index (χ4n) is 4.73. The maximum atomic E-state index is 14.6. The van der Waals surface area contributed by atoms with Crippen LogP contribution in [-0.2, 0) is 13.0 Å². The number of anilines is 2. The summed E-state index contributed by atoms with van der Waals surface area (Å²) in [5.41, 5.74) is -0.841. The molecule has 0 spiro atoms. The Hall–Kier alpha value is -2.69. The van der Waals surface area contributed by atoms with Gasteiger partial charge < -0.3 is 14.6 Å². The first-order valence-electron chi connectivity index (χ1n) is 11.0. The van der Waals surface area contributed by atoms with Crippen LogP contribution in [0, 0.1) is 23.5 Å². The van der Waals surface area contributed by atoms with Crippen molar-refractivity contribution in [2.24, 2.45) is 11.8 Å². The fraction of sp³-hybridized carbons (Fsp3) is 0.545. The minimum absolute atomic E-state index is 0.0618. The van der Waals surface area contributed by atoms with Crippen molar-refractivity contribution in [3.63, 3.8) is 0 Å². The lowest BCUT2D eigenvalue weighted by molar-refractivity contribution is -0.130. The lowest BCUT2D eigenvalue weighted by Gasteiger charge is -2.18. The Balaban J connectivity index is 1.34. The third-order valence-electron chi connectivity index (χ3n) is 6.47. The number of nitrogens with zero attached hydrogens (tertiary/aromatic N) is 3. The van der Waals surface area contributed by atoms with Crippen molar-refractivity contribution in [3.8, 4) is 0 Å². The van der Waals surface area contributed by atoms with E-state index in [0.717, 1.165) is 38.1 Å². The quantitative estimate of drug-likeness (QED) is 0.636. The predicted octanol–water partition coefficient (Wildman–Crippen LogP) is 4.36. The number of oxazole rings is 1. The topological polar surface area (TPSA) is 61.6 Å². The van der Waals surface area contributed by atoms with Crippen molar-refractivity contribution in [2.45, 2.75) is 38.4 Å². The molecule has 1 aromatic carbocycles. The highest BCUT2D eigenvalue weighted by Crippen LogP contribution is 2.45. The number of aromatic nitrogens is 1. The normalized spacial score (nSPS) is 22.6. The number of hydrogen-bond acceptors (Lipinski definition) is 5. The number of halogens is 5. The number of piperidine rings is 1. The zero-order valence-corrected chi connectivity index (χ0v) is 17.7. The van der Waals surface area contributed by atoms with Crippen LogP contribution in [0.25, 0.3) is 0 Å². The highest BCUT2D eigenvalue weighted by Gasteiger charge is 2.45. The molecule has 6 nitrogen and oxygen atoms in total. The molecule has 5 rings (SSSR count). The summed E-state index contributed by atoms with van der Waals surface area (Å²) in [6.07, 6.45) is -3.25. The highest BCUT2D eigenvalue weighted by atomic mass is 19.4. The lowest BCUT2D eigenvalue weighted by Crippen LogP contribution is -2.23. The molecule has 2 atom stereocenters. The molecule has 2 aliphatic heterocycles. The fourth-order valence-corrected chi connectivity index (χ4v) is 4.73. The molecule has 2 unspecified atom stereocenters. The van der Waals surface area contributed by atoms with Crippen LogP contribution in [0.15, 0.2) is 16.5 Å². The maximum Gasteiger partial charge on any atom is 0.396 e. The summed E-state index contributed by atoms with van der Waals surface area (Å²) in [4.78, 5) is 20.3. The van der Waals surface area contributed by atoms with Crippen molar-refractivity contribution in [1.29, 1.82) is 0 Å². The minimum Gasteiger partial charge on any atom is -0.427 e. The largest absolute Gasteiger partial charge is 0.427 e. The van der Waals surface area contributed by atoms with Gasteiger partial charge in [-0.15, -0.1) is 0 Å². The van der Waals surface area contributed by atoms with Crippen molar-refractivity contribution in [3.05, 3.63) is 40.8 Å². The van der Waals surface area contributed by atoms with E-state index >= 15 is 0 Å². The number of amides is 1. The summed E-state index contributed by atoms with van der Waals surface area (Å²) in [6, 6.07) is 1.88. The molecule has 1 amide bonds. The van der Waals surface area contributed by atoms with Crippen molar-refractivity contribution < 1.29 is 31.2 Å². The molecule has 2 aromatic rings. The van der Waals surface area contributed by atoms with E-state index < -0.39 is 41.6 Å². The van der Waals surface area contributed by atoms with Crippen LogP contribution in [0.5, 0.6) is 0 Å². The van der Waals surface area contributed by atoms with Crippen molar-refractivity contribution >= 4 is 17.6 Å². The monoisotopic (exact) mass is 470 g/mol. The summed E-state index contributed by atoms with van der Waals surface area (Å²) >= 11 is 0. The zero-order valence-electron chi connectivity index (χ0n) is 17.7. The van der Waals surface area contributed by atoms with Gasteiger partial charge in [-0.2, -0.15) is 18.2 Å². The summed E-state index contributed by atoms with van der Waals surface area (Å²) in [7, 11) is 0. The van der Waals surface area contributed by atoms with Gasteiger partial charge in [-0.1, -0.05) is 0 Å². The molecule has 0 bridgehead atoms. The van der Waals surface area contributed by atoms with Crippen LogP contribution in [0.4, 0.5) is 33.7 Å². The zero-order chi connectivity index (χ0) is 23.3. The molecular formula is C22H23F5N4O2. The Bertz CT molecular complexity index is 1030. The molecule has 1 aliphatic carbocycles. The van der Waals surface area contributed by atoms with Gasteiger partial charge in [0.15, 0.2) is 5.69 Å². The van der Waals surface area contributed by atoms with E-state index in [1.165, 1.54) is 6.42 Å². The van der Waals surface area contributed by atoms with Crippen LogP contribution in [0.2, 0.25) is 0 Å². The van der Waals surface area contributed by atoms with Gasteiger partial charge in [0.05, 0.1) is 0 Å². The maximum absolute atomic E-state index is 14.6. The summed E-state index contributed by atoms with van der Waals surface area (Å²) in [6.45, 7) is 2.88. The molecule has 1 saturated carbocycles. The molecule has 1 aromatic heterocycles. The molecule has 3 heterocycles. The van der Waals surface area contributed by atoms with Gasteiger partial charge in [0.1, 0.15) is 23.8 Å². The number of hydrogen-bond donors (Lipinski definition) is 1. The van der Waals surface area contributed by atoms with E-state index in [4.69, 9.17) is 4.42 Å². The van der Waals surface area contributed by atoms with Crippen LogP contribution >= 0.6 is 0 Å². The van der Waals surface area contributed by atoms with E-state index in [9.17, 15) is 26.7 Å². The van der Waals surface area contributed by atoms with Gasteiger partial charge in [-0.3, -0.25) is 9.69 Å². The lowest BCUT2D eigenvalue weighted by atomic mass is 10.1. The molecule has 33 heavy (non-hydrogen) atoms. The molecule has 2 saturated heterocycles. The third-order valence-corrected chi connectivity index (χ3v) is 6.47. The van der Waals surface area contributed by atoms with E-state index in [0.29, 0.717) is 24.9 Å². The Morgan fingerprint density at radius 3 is 2.36 bits per heavy atom. The number of benzene rings is 1. The number of fused-ring (bicyclic) bond motifs is 1. The first-order chi connectivity index (χ1) is 15.7. The van der Waals surface area contributed by atoms with Crippen LogP contribution in [0.3, 0.4) is 0 Å². The van der Waals surface area contributed by atoms with Gasteiger partial charge in [-0.05, 0) is 43.2 Å². The average molecular weight is 470 g/mol. The number of nitrogens with one attached hydrogen (secondary N) is 1. The number of carbonyl (C=O) groups is 1. The molecule has 3 aliphatic rings. The molecule has 3 fully saturated rings. The van der Waals surface area contributed by atoms with E-state index in [2.05, 4.69) is 10.3 Å². The molecule has 178 valence electrons. The molecule has 1 N–H and O–H groups in total. The van der Waals surface area contributed by atoms with Gasteiger partial charge in [0.2, 0.25) is 0 Å². The van der Waals surface area contributed by atoms with Crippen LogP contribution in [-0.4, -0.2) is 48.1 Å². The standard InChI is InChI=1S/C22H23F5N4O2/c23-16-6-14(7-17(24)15(16)11-30-9-12-5-13(12)10-30)28-20(32)19-18(8-22(25,26)27)33-21(29-19)31-3-1-2-4-31/h6-7,12-13H,1-5,8-11H2,(H,28,32). The van der Waals surface area contributed by atoms with Crippen LogP contribution in [0.1, 0.15) is 41.1 Å². The molecule has 11 heteroatoms. The average Bonchev–Trinajstić information content (AvgIpc) is 3.13. The number of rotatable bonds is 6. The Kier molecular flexibility index (Phi) is 5.54. The Morgan fingerprint density at radius 2 is 1.76 bits per heavy atom. The van der Waals surface area contributed by atoms with Gasteiger partial charge in [-0.25, -0.2) is 8.78 Å². The van der Waals surface area contributed by atoms with Crippen molar-refractivity contribution in [2.75, 3.05) is 36.4 Å². The van der Waals surface area contributed by atoms with E-state index in [1.807, 2.05) is 4.90 Å². The van der Waals surface area contributed by atoms with Crippen LogP contribution < -0.4 is 10.2 Å². The number of likely N-dealkylation sites (tertiary alicyclic amines) is 1. The second-order valence-electron chi connectivity index (χ2n) is 9.08. The minimum atomic E-state index is -4.62.